The first-order valence-corrected chi connectivity index (χ1v) is 6.45. The predicted octanol–water partition coefficient (Wildman–Crippen LogP) is -2.47. The van der Waals surface area contributed by atoms with Gasteiger partial charge in [0, 0.05) is 6.42 Å². The van der Waals surface area contributed by atoms with Crippen molar-refractivity contribution in [3.8, 4) is 0 Å². The Bertz CT molecular complexity index is 312. The summed E-state index contributed by atoms with van der Waals surface area (Å²) in [5, 5.41) is 53.8. The van der Waals surface area contributed by atoms with Crippen molar-refractivity contribution in [3.63, 3.8) is 0 Å². The topological polar surface area (TPSA) is 186 Å². The number of rotatable bonds is 16. The van der Waals surface area contributed by atoms with Crippen molar-refractivity contribution in [3.05, 3.63) is 11.6 Å². The molecule has 0 rings (SSSR count). The quantitative estimate of drug-likeness (QED) is 0.0558. The van der Waals surface area contributed by atoms with E-state index >= 15 is 0 Å². The Kier molecular flexibility index (Phi) is 15.2. The SMILES string of the molecule is OCOCOC(O)C/C(=C/C(O)OOCOO)C(O)OCOCO. The summed E-state index contributed by atoms with van der Waals surface area (Å²) >= 11 is 0. The van der Waals surface area contributed by atoms with Gasteiger partial charge in [-0.25, -0.2) is 15.0 Å². The third kappa shape index (κ3) is 12.6. The van der Waals surface area contributed by atoms with E-state index in [1.165, 1.54) is 0 Å². The summed E-state index contributed by atoms with van der Waals surface area (Å²) in [6.07, 6.45) is -4.28. The van der Waals surface area contributed by atoms with E-state index in [1.807, 2.05) is 0 Å². The van der Waals surface area contributed by atoms with Crippen molar-refractivity contribution in [1.29, 1.82) is 0 Å². The molecule has 0 aromatic heterocycles. The van der Waals surface area contributed by atoms with E-state index in [0.717, 1.165) is 6.08 Å². The number of aliphatic hydroxyl groups excluding tert-OH is 5. The van der Waals surface area contributed by atoms with E-state index < -0.39 is 52.8 Å². The highest BCUT2D eigenvalue weighted by atomic mass is 17.3. The number of aliphatic hydroxyl groups is 5. The van der Waals surface area contributed by atoms with Crippen LogP contribution in [0.5, 0.6) is 0 Å². The molecule has 0 aromatic carbocycles. The zero-order chi connectivity index (χ0) is 18.2. The Balaban J connectivity index is 4.61. The Morgan fingerprint density at radius 1 is 0.917 bits per heavy atom. The smallest absolute Gasteiger partial charge is 0.214 e. The standard InChI is InChI=1S/C11H22O13/c12-3-18-5-20-9(14)1-8(11(16)21-6-19-4-13)2-10(15)24-23-7-22-17/h2,9-17H,1,3-7H2/b8-2-. The normalized spacial score (nSPS) is 16.2. The molecule has 13 heteroatoms. The molecule has 0 saturated heterocycles. The van der Waals surface area contributed by atoms with Crippen LogP contribution in [0.1, 0.15) is 6.42 Å². The minimum absolute atomic E-state index is 0.103. The first-order chi connectivity index (χ1) is 11.5. The highest BCUT2D eigenvalue weighted by Gasteiger charge is 2.19. The van der Waals surface area contributed by atoms with Crippen LogP contribution in [0.3, 0.4) is 0 Å². The maximum atomic E-state index is 9.81. The molecule has 144 valence electrons. The maximum absolute atomic E-state index is 9.81. The van der Waals surface area contributed by atoms with Crippen molar-refractivity contribution < 1.29 is 64.4 Å². The van der Waals surface area contributed by atoms with E-state index in [9.17, 15) is 15.3 Å². The van der Waals surface area contributed by atoms with Crippen LogP contribution in [0.25, 0.3) is 0 Å². The lowest BCUT2D eigenvalue weighted by Crippen LogP contribution is -2.25. The van der Waals surface area contributed by atoms with Gasteiger partial charge in [0.15, 0.2) is 26.2 Å². The molecule has 0 amide bonds. The second-order valence-electron chi connectivity index (χ2n) is 3.84. The van der Waals surface area contributed by atoms with Crippen LogP contribution in [0.2, 0.25) is 0 Å². The van der Waals surface area contributed by atoms with Crippen LogP contribution in [-0.4, -0.2) is 83.6 Å². The zero-order valence-corrected chi connectivity index (χ0v) is 12.6. The van der Waals surface area contributed by atoms with Crippen LogP contribution < -0.4 is 0 Å². The van der Waals surface area contributed by atoms with Crippen molar-refractivity contribution in [2.45, 2.75) is 25.3 Å². The van der Waals surface area contributed by atoms with Gasteiger partial charge in [0.2, 0.25) is 13.1 Å². The summed E-state index contributed by atoms with van der Waals surface area (Å²) in [6.45, 7) is -2.85. The Morgan fingerprint density at radius 3 is 2.12 bits per heavy atom. The van der Waals surface area contributed by atoms with Crippen LogP contribution in [-0.2, 0) is 33.6 Å². The molecule has 0 spiro atoms. The molecule has 0 heterocycles. The van der Waals surface area contributed by atoms with Crippen LogP contribution in [0.15, 0.2) is 11.6 Å². The van der Waals surface area contributed by atoms with Gasteiger partial charge in [0.1, 0.15) is 13.6 Å². The molecule has 6 N–H and O–H groups in total. The summed E-state index contributed by atoms with van der Waals surface area (Å²) in [5.74, 6) is 0. The minimum atomic E-state index is -1.71. The first-order valence-electron chi connectivity index (χ1n) is 6.45. The lowest BCUT2D eigenvalue weighted by molar-refractivity contribution is -0.431. The van der Waals surface area contributed by atoms with E-state index in [4.69, 9.17) is 24.9 Å². The van der Waals surface area contributed by atoms with E-state index in [2.05, 4.69) is 24.1 Å². The average Bonchev–Trinajstić information content (AvgIpc) is 2.55. The fourth-order valence-corrected chi connectivity index (χ4v) is 1.26. The zero-order valence-electron chi connectivity index (χ0n) is 12.6. The molecular weight excluding hydrogens is 340 g/mol. The summed E-state index contributed by atoms with van der Waals surface area (Å²) in [4.78, 5) is 12.1. The molecule has 0 bridgehead atoms. The molecule has 0 aliphatic carbocycles. The van der Waals surface area contributed by atoms with Gasteiger partial charge in [-0.2, -0.15) is 4.89 Å². The number of hydrogen-bond acceptors (Lipinski definition) is 13. The number of ether oxygens (including phenoxy) is 4. The summed E-state index contributed by atoms with van der Waals surface area (Å²) in [5.41, 5.74) is -0.103. The van der Waals surface area contributed by atoms with Gasteiger partial charge in [-0.15, -0.1) is 0 Å². The van der Waals surface area contributed by atoms with Gasteiger partial charge < -0.3 is 44.5 Å². The van der Waals surface area contributed by atoms with E-state index in [0.29, 0.717) is 0 Å². The van der Waals surface area contributed by atoms with Crippen molar-refractivity contribution in [2.75, 3.05) is 34.0 Å². The van der Waals surface area contributed by atoms with Gasteiger partial charge in [-0.3, -0.25) is 0 Å². The summed E-state index contributed by atoms with van der Waals surface area (Å²) in [7, 11) is 0. The van der Waals surface area contributed by atoms with Gasteiger partial charge >= 0.3 is 0 Å². The van der Waals surface area contributed by atoms with Crippen LogP contribution in [0.4, 0.5) is 0 Å². The summed E-state index contributed by atoms with van der Waals surface area (Å²) < 4.78 is 18.5. The molecule has 0 aliphatic heterocycles. The van der Waals surface area contributed by atoms with Crippen LogP contribution >= 0.6 is 0 Å². The second kappa shape index (κ2) is 15.7. The van der Waals surface area contributed by atoms with Gasteiger partial charge in [0.25, 0.3) is 0 Å². The monoisotopic (exact) mass is 362 g/mol. The summed E-state index contributed by atoms with van der Waals surface area (Å²) in [6, 6.07) is 0. The Hall–Kier alpha value is -0.780. The Morgan fingerprint density at radius 2 is 1.54 bits per heavy atom. The predicted molar refractivity (Wildman–Crippen MR) is 69.7 cm³/mol. The molecule has 0 fully saturated rings. The molecule has 13 nitrogen and oxygen atoms in total. The molecule has 0 radical (unpaired) electrons. The highest BCUT2D eigenvalue weighted by Crippen LogP contribution is 2.15. The van der Waals surface area contributed by atoms with Gasteiger partial charge in [0.05, 0.1) is 0 Å². The van der Waals surface area contributed by atoms with Crippen molar-refractivity contribution in [1.82, 2.24) is 0 Å². The second-order valence-corrected chi connectivity index (χ2v) is 3.84. The fourth-order valence-electron chi connectivity index (χ4n) is 1.26. The number of hydrogen-bond donors (Lipinski definition) is 6. The molecule has 3 atom stereocenters. The van der Waals surface area contributed by atoms with Crippen LogP contribution in [0, 0.1) is 0 Å². The highest BCUT2D eigenvalue weighted by molar-refractivity contribution is 5.07. The molecule has 24 heavy (non-hydrogen) atoms. The largest absolute Gasteiger partial charge is 0.371 e. The molecule has 0 aromatic rings. The molecule has 0 saturated carbocycles. The van der Waals surface area contributed by atoms with Gasteiger partial charge in [-0.05, 0) is 11.6 Å². The van der Waals surface area contributed by atoms with Crippen molar-refractivity contribution in [2.24, 2.45) is 0 Å². The third-order valence-electron chi connectivity index (χ3n) is 2.19. The third-order valence-corrected chi connectivity index (χ3v) is 2.19. The van der Waals surface area contributed by atoms with Crippen molar-refractivity contribution >= 4 is 0 Å². The lowest BCUT2D eigenvalue weighted by Gasteiger charge is -2.20. The molecular formula is C11H22O13. The average molecular weight is 362 g/mol. The minimum Gasteiger partial charge on any atom is -0.371 e. The fraction of sp³-hybridized carbons (Fsp3) is 0.818. The Labute approximate surface area is 136 Å². The molecule has 3 unspecified atom stereocenters. The molecule has 0 aliphatic rings. The van der Waals surface area contributed by atoms with Gasteiger partial charge in [-0.1, -0.05) is 0 Å². The van der Waals surface area contributed by atoms with E-state index in [-0.39, 0.29) is 12.0 Å². The maximum Gasteiger partial charge on any atom is 0.214 e. The lowest BCUT2D eigenvalue weighted by atomic mass is 10.1. The van der Waals surface area contributed by atoms with E-state index in [1.54, 1.807) is 0 Å². The first kappa shape index (κ1) is 23.2.